The third-order valence-electron chi connectivity index (χ3n) is 3.42. The van der Waals surface area contributed by atoms with Gasteiger partial charge in [-0.05, 0) is 38.4 Å². The fourth-order valence-corrected chi connectivity index (χ4v) is 2.25. The molecule has 20 heavy (non-hydrogen) atoms. The van der Waals surface area contributed by atoms with E-state index in [-0.39, 0.29) is 5.91 Å². The molecule has 106 valence electrons. The average molecular weight is 272 g/mol. The summed E-state index contributed by atoms with van der Waals surface area (Å²) in [5.41, 5.74) is 9.75. The predicted molar refractivity (Wildman–Crippen MR) is 79.8 cm³/mol. The van der Waals surface area contributed by atoms with Crippen LogP contribution in [0.1, 0.15) is 27.3 Å². The van der Waals surface area contributed by atoms with Crippen LogP contribution in [-0.4, -0.2) is 22.2 Å². The Labute approximate surface area is 118 Å². The van der Waals surface area contributed by atoms with E-state index in [1.807, 2.05) is 45.2 Å². The molecule has 0 aliphatic rings. The molecule has 0 aliphatic carbocycles. The molecule has 2 aromatic rings. The van der Waals surface area contributed by atoms with Gasteiger partial charge >= 0.3 is 0 Å². The van der Waals surface area contributed by atoms with Gasteiger partial charge in [0.15, 0.2) is 0 Å². The van der Waals surface area contributed by atoms with Crippen LogP contribution in [0, 0.1) is 13.8 Å². The maximum absolute atomic E-state index is 12.4. The van der Waals surface area contributed by atoms with Crippen molar-refractivity contribution in [2.24, 2.45) is 12.8 Å². The standard InChI is InChI=1S/C15H20N4O/c1-10-14(11(2)19(3)18-10)17-15(20)13-7-5-4-6-12(13)8-9-16/h4-7H,8-9,16H2,1-3H3,(H,17,20). The molecule has 5 nitrogen and oxygen atoms in total. The van der Waals surface area contributed by atoms with E-state index in [0.29, 0.717) is 18.5 Å². The average Bonchev–Trinajstić information content (AvgIpc) is 2.66. The van der Waals surface area contributed by atoms with Crippen molar-refractivity contribution < 1.29 is 4.79 Å². The topological polar surface area (TPSA) is 72.9 Å². The number of aryl methyl sites for hydroxylation is 2. The third-order valence-corrected chi connectivity index (χ3v) is 3.42. The highest BCUT2D eigenvalue weighted by Crippen LogP contribution is 2.20. The van der Waals surface area contributed by atoms with Crippen LogP contribution >= 0.6 is 0 Å². The van der Waals surface area contributed by atoms with Gasteiger partial charge in [0.05, 0.1) is 17.1 Å². The molecule has 1 aromatic carbocycles. The van der Waals surface area contributed by atoms with E-state index in [9.17, 15) is 4.79 Å². The minimum atomic E-state index is -0.117. The van der Waals surface area contributed by atoms with Gasteiger partial charge in [-0.1, -0.05) is 18.2 Å². The second-order valence-electron chi connectivity index (χ2n) is 4.82. The van der Waals surface area contributed by atoms with E-state index in [1.54, 1.807) is 4.68 Å². The molecule has 0 saturated carbocycles. The largest absolute Gasteiger partial charge is 0.330 e. The molecule has 0 atom stereocenters. The van der Waals surface area contributed by atoms with E-state index < -0.39 is 0 Å². The third kappa shape index (κ3) is 2.72. The van der Waals surface area contributed by atoms with E-state index in [1.165, 1.54) is 0 Å². The molecular formula is C15H20N4O. The summed E-state index contributed by atoms with van der Waals surface area (Å²) in [4.78, 5) is 12.4. The lowest BCUT2D eigenvalue weighted by atomic mass is 10.0. The monoisotopic (exact) mass is 272 g/mol. The second-order valence-corrected chi connectivity index (χ2v) is 4.82. The highest BCUT2D eigenvalue weighted by molar-refractivity contribution is 6.05. The van der Waals surface area contributed by atoms with Crippen LogP contribution in [-0.2, 0) is 13.5 Å². The minimum Gasteiger partial charge on any atom is -0.330 e. The fraction of sp³-hybridized carbons (Fsp3) is 0.333. The highest BCUT2D eigenvalue weighted by atomic mass is 16.1. The first-order valence-corrected chi connectivity index (χ1v) is 6.64. The van der Waals surface area contributed by atoms with E-state index in [0.717, 1.165) is 22.6 Å². The van der Waals surface area contributed by atoms with Crippen molar-refractivity contribution >= 4 is 11.6 Å². The number of hydrogen-bond donors (Lipinski definition) is 2. The number of nitrogens with zero attached hydrogens (tertiary/aromatic N) is 2. The number of anilines is 1. The summed E-state index contributed by atoms with van der Waals surface area (Å²) < 4.78 is 1.76. The molecule has 0 aliphatic heterocycles. The van der Waals surface area contributed by atoms with Crippen LogP contribution < -0.4 is 11.1 Å². The van der Waals surface area contributed by atoms with E-state index in [4.69, 9.17) is 5.73 Å². The van der Waals surface area contributed by atoms with Crippen molar-refractivity contribution in [1.29, 1.82) is 0 Å². The smallest absolute Gasteiger partial charge is 0.256 e. The zero-order valence-corrected chi connectivity index (χ0v) is 12.1. The van der Waals surface area contributed by atoms with Crippen LogP contribution in [0.5, 0.6) is 0 Å². The first kappa shape index (κ1) is 14.3. The maximum atomic E-state index is 12.4. The zero-order valence-electron chi connectivity index (χ0n) is 12.1. The first-order chi connectivity index (χ1) is 9.54. The van der Waals surface area contributed by atoms with Gasteiger partial charge in [0.1, 0.15) is 0 Å². The number of nitrogens with two attached hydrogens (primary N) is 1. The Morgan fingerprint density at radius 3 is 2.65 bits per heavy atom. The Morgan fingerprint density at radius 2 is 2.05 bits per heavy atom. The first-order valence-electron chi connectivity index (χ1n) is 6.64. The van der Waals surface area contributed by atoms with Crippen molar-refractivity contribution in [2.45, 2.75) is 20.3 Å². The predicted octanol–water partition coefficient (Wildman–Crippen LogP) is 1.79. The Balaban J connectivity index is 2.29. The van der Waals surface area contributed by atoms with Crippen molar-refractivity contribution in [3.05, 3.63) is 46.8 Å². The quantitative estimate of drug-likeness (QED) is 0.891. The van der Waals surface area contributed by atoms with Crippen molar-refractivity contribution in [2.75, 3.05) is 11.9 Å². The SMILES string of the molecule is Cc1nn(C)c(C)c1NC(=O)c1ccccc1CCN. The zero-order chi connectivity index (χ0) is 14.7. The summed E-state index contributed by atoms with van der Waals surface area (Å²) >= 11 is 0. The number of amides is 1. The number of carbonyl (C=O) groups excluding carboxylic acids is 1. The lowest BCUT2D eigenvalue weighted by Gasteiger charge is -2.09. The molecule has 5 heteroatoms. The molecule has 0 unspecified atom stereocenters. The molecule has 1 heterocycles. The molecule has 0 radical (unpaired) electrons. The van der Waals surface area contributed by atoms with Gasteiger partial charge in [0.2, 0.25) is 0 Å². The van der Waals surface area contributed by atoms with E-state index in [2.05, 4.69) is 10.4 Å². The van der Waals surface area contributed by atoms with Crippen LogP contribution in [0.3, 0.4) is 0 Å². The maximum Gasteiger partial charge on any atom is 0.256 e. The molecule has 0 spiro atoms. The Kier molecular flexibility index (Phi) is 4.20. The van der Waals surface area contributed by atoms with Gasteiger partial charge in [0.25, 0.3) is 5.91 Å². The summed E-state index contributed by atoms with van der Waals surface area (Å²) in [5, 5.41) is 7.25. The molecule has 1 amide bonds. The van der Waals surface area contributed by atoms with Crippen molar-refractivity contribution in [3.63, 3.8) is 0 Å². The van der Waals surface area contributed by atoms with Crippen molar-refractivity contribution in [1.82, 2.24) is 9.78 Å². The summed E-state index contributed by atoms with van der Waals surface area (Å²) in [7, 11) is 1.86. The van der Waals surface area contributed by atoms with E-state index >= 15 is 0 Å². The molecule has 1 aromatic heterocycles. The summed E-state index contributed by atoms with van der Waals surface area (Å²) in [6.07, 6.45) is 0.689. The number of benzene rings is 1. The number of nitrogens with one attached hydrogen (secondary N) is 1. The van der Waals surface area contributed by atoms with Crippen LogP contribution in [0.15, 0.2) is 24.3 Å². The number of aromatic nitrogens is 2. The molecular weight excluding hydrogens is 252 g/mol. The van der Waals surface area contributed by atoms with Gasteiger partial charge in [-0.25, -0.2) is 0 Å². The number of carbonyl (C=O) groups is 1. The lowest BCUT2D eigenvalue weighted by molar-refractivity contribution is 0.102. The van der Waals surface area contributed by atoms with Crippen LogP contribution in [0.4, 0.5) is 5.69 Å². The number of hydrogen-bond acceptors (Lipinski definition) is 3. The Morgan fingerprint density at radius 1 is 1.35 bits per heavy atom. The molecule has 0 fully saturated rings. The fourth-order valence-electron chi connectivity index (χ4n) is 2.25. The van der Waals surface area contributed by atoms with Gasteiger partial charge in [0, 0.05) is 12.6 Å². The minimum absolute atomic E-state index is 0.117. The van der Waals surface area contributed by atoms with Gasteiger partial charge in [-0.3, -0.25) is 9.48 Å². The Hall–Kier alpha value is -2.14. The summed E-state index contributed by atoms with van der Waals surface area (Å²) in [6.45, 7) is 4.34. The molecule has 0 saturated heterocycles. The summed E-state index contributed by atoms with van der Waals surface area (Å²) in [5.74, 6) is -0.117. The van der Waals surface area contributed by atoms with Crippen LogP contribution in [0.25, 0.3) is 0 Å². The van der Waals surface area contributed by atoms with Crippen molar-refractivity contribution in [3.8, 4) is 0 Å². The normalized spacial score (nSPS) is 10.6. The van der Waals surface area contributed by atoms with Gasteiger partial charge in [-0.15, -0.1) is 0 Å². The van der Waals surface area contributed by atoms with Gasteiger partial charge < -0.3 is 11.1 Å². The second kappa shape index (κ2) is 5.88. The molecule has 3 N–H and O–H groups in total. The number of rotatable bonds is 4. The highest BCUT2D eigenvalue weighted by Gasteiger charge is 2.15. The van der Waals surface area contributed by atoms with Gasteiger partial charge in [-0.2, -0.15) is 5.10 Å². The summed E-state index contributed by atoms with van der Waals surface area (Å²) in [6, 6.07) is 7.53. The molecule has 2 rings (SSSR count). The van der Waals surface area contributed by atoms with Crippen LogP contribution in [0.2, 0.25) is 0 Å². The molecule has 0 bridgehead atoms. The lowest BCUT2D eigenvalue weighted by Crippen LogP contribution is -2.16. The Bertz CT molecular complexity index is 631.